The van der Waals surface area contributed by atoms with Crippen molar-refractivity contribution in [3.63, 3.8) is 0 Å². The molecule has 0 aromatic rings. The molecule has 0 unspecified atom stereocenters. The van der Waals surface area contributed by atoms with Crippen LogP contribution in [0, 0.1) is 5.41 Å². The number of hydrogen-bond donors (Lipinski definition) is 3. The summed E-state index contributed by atoms with van der Waals surface area (Å²) in [7, 11) is 0. The van der Waals surface area contributed by atoms with E-state index in [9.17, 15) is 14.4 Å². The van der Waals surface area contributed by atoms with Crippen LogP contribution in [0.4, 0.5) is 0 Å². The maximum Gasteiger partial charge on any atom is 0.243 e. The van der Waals surface area contributed by atoms with Crippen molar-refractivity contribution in [1.82, 2.24) is 0 Å². The quantitative estimate of drug-likeness (QED) is 0.353. The minimum Gasteiger partial charge on any atom is -0.371 e. The molecule has 9 heteroatoms. The van der Waals surface area contributed by atoms with Crippen LogP contribution in [0.1, 0.15) is 13.3 Å². The second-order valence-corrected chi connectivity index (χ2v) is 4.73. The van der Waals surface area contributed by atoms with Crippen LogP contribution in [0.15, 0.2) is 0 Å². The number of primary amides is 3. The first kappa shape index (κ1) is 19.3. The van der Waals surface area contributed by atoms with E-state index in [1.54, 1.807) is 0 Å². The minimum absolute atomic E-state index is 0.115. The molecule has 9 nitrogen and oxygen atoms in total. The Labute approximate surface area is 123 Å². The standard InChI is InChI=1S/C12H23N3O6/c1-2-12(6-19-3-9(13)16,7-20-4-10(14)17)8-21-5-11(15)18/h2-8H2,1H3,(H2,13,16)(H2,14,17)(H2,15,18). The van der Waals surface area contributed by atoms with E-state index < -0.39 is 23.1 Å². The lowest BCUT2D eigenvalue weighted by atomic mass is 9.88. The highest BCUT2D eigenvalue weighted by atomic mass is 16.5. The normalized spacial score (nSPS) is 11.3. The van der Waals surface area contributed by atoms with Crippen molar-refractivity contribution in [3.8, 4) is 0 Å². The van der Waals surface area contributed by atoms with E-state index in [1.165, 1.54) is 0 Å². The highest BCUT2D eigenvalue weighted by Crippen LogP contribution is 2.24. The molecule has 0 saturated heterocycles. The Morgan fingerprint density at radius 3 is 1.24 bits per heavy atom. The fourth-order valence-corrected chi connectivity index (χ4v) is 1.54. The molecule has 0 aliphatic heterocycles. The van der Waals surface area contributed by atoms with Crippen LogP contribution in [-0.4, -0.2) is 57.4 Å². The zero-order valence-corrected chi connectivity index (χ0v) is 12.1. The van der Waals surface area contributed by atoms with Crippen molar-refractivity contribution >= 4 is 17.7 Å². The highest BCUT2D eigenvalue weighted by molar-refractivity contribution is 5.75. The van der Waals surface area contributed by atoms with Crippen LogP contribution in [0.5, 0.6) is 0 Å². The molecular formula is C12H23N3O6. The Morgan fingerprint density at radius 2 is 1.05 bits per heavy atom. The van der Waals surface area contributed by atoms with Crippen LogP contribution in [0.3, 0.4) is 0 Å². The Hall–Kier alpha value is -1.71. The van der Waals surface area contributed by atoms with Gasteiger partial charge in [0.15, 0.2) is 0 Å². The van der Waals surface area contributed by atoms with Crippen LogP contribution in [0.2, 0.25) is 0 Å². The van der Waals surface area contributed by atoms with Crippen molar-refractivity contribution in [1.29, 1.82) is 0 Å². The van der Waals surface area contributed by atoms with E-state index >= 15 is 0 Å². The fourth-order valence-electron chi connectivity index (χ4n) is 1.54. The molecule has 3 amide bonds. The first-order valence-electron chi connectivity index (χ1n) is 6.39. The van der Waals surface area contributed by atoms with Gasteiger partial charge in [0, 0.05) is 5.41 Å². The van der Waals surface area contributed by atoms with Crippen molar-refractivity contribution in [2.24, 2.45) is 22.6 Å². The van der Waals surface area contributed by atoms with Gasteiger partial charge in [-0.25, -0.2) is 0 Å². The number of nitrogens with two attached hydrogens (primary N) is 3. The predicted molar refractivity (Wildman–Crippen MR) is 72.8 cm³/mol. The Kier molecular flexibility index (Phi) is 9.26. The van der Waals surface area contributed by atoms with Gasteiger partial charge in [0.05, 0.1) is 19.8 Å². The lowest BCUT2D eigenvalue weighted by Gasteiger charge is -2.31. The summed E-state index contributed by atoms with van der Waals surface area (Å²) in [4.78, 5) is 32.1. The molecule has 0 aromatic heterocycles. The van der Waals surface area contributed by atoms with E-state index in [1.807, 2.05) is 6.92 Å². The Bertz CT molecular complexity index is 311. The van der Waals surface area contributed by atoms with Crippen molar-refractivity contribution in [3.05, 3.63) is 0 Å². The smallest absolute Gasteiger partial charge is 0.243 e. The third kappa shape index (κ3) is 9.77. The van der Waals surface area contributed by atoms with E-state index in [4.69, 9.17) is 31.4 Å². The largest absolute Gasteiger partial charge is 0.371 e. The van der Waals surface area contributed by atoms with Crippen molar-refractivity contribution < 1.29 is 28.6 Å². The van der Waals surface area contributed by atoms with Crippen LogP contribution in [-0.2, 0) is 28.6 Å². The molecule has 0 fully saturated rings. The van der Waals surface area contributed by atoms with Gasteiger partial charge in [-0.05, 0) is 6.42 Å². The summed E-state index contributed by atoms with van der Waals surface area (Å²) in [5.41, 5.74) is 14.3. The average Bonchev–Trinajstić information content (AvgIpc) is 2.36. The van der Waals surface area contributed by atoms with Gasteiger partial charge in [-0.1, -0.05) is 6.92 Å². The van der Waals surface area contributed by atoms with E-state index in [2.05, 4.69) is 0 Å². The van der Waals surface area contributed by atoms with Crippen molar-refractivity contribution in [2.75, 3.05) is 39.6 Å². The van der Waals surface area contributed by atoms with Crippen LogP contribution < -0.4 is 17.2 Å². The Balaban J connectivity index is 4.52. The fraction of sp³-hybridized carbons (Fsp3) is 0.750. The van der Waals surface area contributed by atoms with Crippen LogP contribution in [0.25, 0.3) is 0 Å². The van der Waals surface area contributed by atoms with Gasteiger partial charge in [-0.15, -0.1) is 0 Å². The summed E-state index contributed by atoms with van der Waals surface area (Å²) in [6.07, 6.45) is 0.559. The van der Waals surface area contributed by atoms with Gasteiger partial charge in [0.25, 0.3) is 0 Å². The molecule has 0 saturated carbocycles. The lowest BCUT2D eigenvalue weighted by Crippen LogP contribution is -2.39. The first-order chi connectivity index (χ1) is 9.81. The van der Waals surface area contributed by atoms with Crippen molar-refractivity contribution in [2.45, 2.75) is 13.3 Å². The van der Waals surface area contributed by atoms with Gasteiger partial charge in [0.2, 0.25) is 17.7 Å². The summed E-state index contributed by atoms with van der Waals surface area (Å²) in [5, 5.41) is 0. The number of carbonyl (C=O) groups excluding carboxylic acids is 3. The predicted octanol–water partition coefficient (Wildman–Crippen LogP) is -2.11. The average molecular weight is 305 g/mol. The number of ether oxygens (including phenoxy) is 3. The van der Waals surface area contributed by atoms with Crippen LogP contribution >= 0.6 is 0 Å². The molecule has 0 aromatic carbocycles. The molecule has 122 valence electrons. The van der Waals surface area contributed by atoms with Gasteiger partial charge in [0.1, 0.15) is 19.8 Å². The third-order valence-electron chi connectivity index (χ3n) is 2.71. The highest BCUT2D eigenvalue weighted by Gasteiger charge is 2.30. The van der Waals surface area contributed by atoms with E-state index in [0.717, 1.165) is 0 Å². The minimum atomic E-state index is -0.639. The lowest BCUT2D eigenvalue weighted by molar-refractivity contribution is -0.132. The summed E-state index contributed by atoms with van der Waals surface area (Å²) >= 11 is 0. The topological polar surface area (TPSA) is 157 Å². The number of hydrogen-bond acceptors (Lipinski definition) is 6. The summed E-state index contributed by atoms with van der Waals surface area (Å²) < 4.78 is 15.6. The van der Waals surface area contributed by atoms with Gasteiger partial charge < -0.3 is 31.4 Å². The molecule has 0 radical (unpaired) electrons. The number of rotatable bonds is 13. The molecule has 0 bridgehead atoms. The van der Waals surface area contributed by atoms with Gasteiger partial charge >= 0.3 is 0 Å². The zero-order chi connectivity index (χ0) is 16.3. The number of carbonyl (C=O) groups is 3. The molecule has 0 rings (SSSR count). The molecule has 0 atom stereocenters. The molecular weight excluding hydrogens is 282 g/mol. The maximum atomic E-state index is 10.7. The molecule has 0 aliphatic carbocycles. The second kappa shape index (κ2) is 10.1. The number of amides is 3. The summed E-state index contributed by atoms with van der Waals surface area (Å²) in [6.45, 7) is 1.47. The van der Waals surface area contributed by atoms with Gasteiger partial charge in [-0.3, -0.25) is 14.4 Å². The second-order valence-electron chi connectivity index (χ2n) is 4.73. The molecule has 0 spiro atoms. The SMILES string of the molecule is CCC(COCC(N)=O)(COCC(N)=O)COCC(N)=O. The molecule has 21 heavy (non-hydrogen) atoms. The monoisotopic (exact) mass is 305 g/mol. The third-order valence-corrected chi connectivity index (χ3v) is 2.71. The zero-order valence-electron chi connectivity index (χ0n) is 12.1. The summed E-state index contributed by atoms with van der Waals surface area (Å²) in [5.74, 6) is -1.80. The molecule has 6 N–H and O–H groups in total. The first-order valence-corrected chi connectivity index (χ1v) is 6.39. The van der Waals surface area contributed by atoms with Gasteiger partial charge in [-0.2, -0.15) is 0 Å². The Morgan fingerprint density at radius 1 is 0.762 bits per heavy atom. The molecule has 0 aliphatic rings. The van der Waals surface area contributed by atoms with E-state index in [-0.39, 0.29) is 39.6 Å². The summed E-state index contributed by atoms with van der Waals surface area (Å²) in [6, 6.07) is 0. The van der Waals surface area contributed by atoms with E-state index in [0.29, 0.717) is 6.42 Å². The molecule has 0 heterocycles. The maximum absolute atomic E-state index is 10.7.